The number of hydrogen-bond acceptors (Lipinski definition) is 3. The molecule has 0 fully saturated rings. The van der Waals surface area contributed by atoms with Gasteiger partial charge in [-0.25, -0.2) is 0 Å². The van der Waals surface area contributed by atoms with Crippen LogP contribution in [0.1, 0.15) is 48.3 Å². The first-order valence-electron chi connectivity index (χ1n) is 8.40. The number of rotatable bonds is 6. The maximum Gasteiger partial charge on any atom is 0.272 e. The first-order chi connectivity index (χ1) is 11.7. The third-order valence-electron chi connectivity index (χ3n) is 4.31. The van der Waals surface area contributed by atoms with E-state index in [0.717, 1.165) is 24.8 Å². The van der Waals surface area contributed by atoms with Crippen LogP contribution in [-0.2, 0) is 6.61 Å². The maximum absolute atomic E-state index is 12.3. The van der Waals surface area contributed by atoms with Crippen LogP contribution in [0.2, 0.25) is 0 Å². The first-order valence-corrected chi connectivity index (χ1v) is 8.40. The summed E-state index contributed by atoms with van der Waals surface area (Å²) in [5.41, 5.74) is 1.03. The molecule has 2 heterocycles. The zero-order valence-electron chi connectivity index (χ0n) is 13.8. The standard InChI is InChI=1S/C19H22N2O3/c1-2-3-9-15-12-20-19(23)17-18(16(22)10-11-21(15)17)24-13-14-7-5-4-6-8-14/h4-8,10-11,15H,2-3,9,12-13H2,1H3,(H,20,23). The fourth-order valence-corrected chi connectivity index (χ4v) is 3.00. The minimum absolute atomic E-state index is 0.139. The van der Waals surface area contributed by atoms with Crippen molar-refractivity contribution in [2.75, 3.05) is 6.54 Å². The van der Waals surface area contributed by atoms with Crippen LogP contribution in [0.5, 0.6) is 5.75 Å². The molecule has 0 radical (unpaired) electrons. The van der Waals surface area contributed by atoms with Gasteiger partial charge in [0.2, 0.25) is 5.43 Å². The molecule has 1 aromatic carbocycles. The lowest BCUT2D eigenvalue weighted by Crippen LogP contribution is -2.41. The van der Waals surface area contributed by atoms with Gasteiger partial charge in [-0.3, -0.25) is 9.59 Å². The van der Waals surface area contributed by atoms with Crippen molar-refractivity contribution in [2.24, 2.45) is 0 Å². The van der Waals surface area contributed by atoms with E-state index < -0.39 is 0 Å². The summed E-state index contributed by atoms with van der Waals surface area (Å²) >= 11 is 0. The Balaban J connectivity index is 1.91. The predicted octanol–water partition coefficient (Wildman–Crippen LogP) is 2.90. The second-order valence-electron chi connectivity index (χ2n) is 6.05. The number of aromatic nitrogens is 1. The van der Waals surface area contributed by atoms with Crippen molar-refractivity contribution in [3.8, 4) is 5.75 Å². The maximum atomic E-state index is 12.3. The summed E-state index contributed by atoms with van der Waals surface area (Å²) < 4.78 is 7.65. The van der Waals surface area contributed by atoms with E-state index in [1.807, 2.05) is 34.9 Å². The largest absolute Gasteiger partial charge is 0.483 e. The number of amides is 1. The smallest absolute Gasteiger partial charge is 0.272 e. The van der Waals surface area contributed by atoms with Gasteiger partial charge < -0.3 is 14.6 Å². The lowest BCUT2D eigenvalue weighted by Gasteiger charge is -2.29. The van der Waals surface area contributed by atoms with Crippen LogP contribution in [0, 0.1) is 0 Å². The van der Waals surface area contributed by atoms with Crippen molar-refractivity contribution < 1.29 is 9.53 Å². The van der Waals surface area contributed by atoms with Gasteiger partial charge in [0.25, 0.3) is 5.91 Å². The Morgan fingerprint density at radius 1 is 1.21 bits per heavy atom. The second kappa shape index (κ2) is 7.34. The Bertz CT molecular complexity index is 768. The summed E-state index contributed by atoms with van der Waals surface area (Å²) in [6.45, 7) is 2.99. The van der Waals surface area contributed by atoms with Crippen molar-refractivity contribution in [2.45, 2.75) is 38.8 Å². The Labute approximate surface area is 141 Å². The van der Waals surface area contributed by atoms with E-state index in [4.69, 9.17) is 4.74 Å². The fourth-order valence-electron chi connectivity index (χ4n) is 3.00. The van der Waals surface area contributed by atoms with Crippen LogP contribution in [0.25, 0.3) is 0 Å². The summed E-state index contributed by atoms with van der Waals surface area (Å²) in [5.74, 6) is -0.108. The van der Waals surface area contributed by atoms with E-state index in [1.54, 1.807) is 6.20 Å². The number of ether oxygens (including phenoxy) is 1. The number of fused-ring (bicyclic) bond motifs is 1. The van der Waals surface area contributed by atoms with Crippen molar-refractivity contribution in [1.29, 1.82) is 0 Å². The lowest BCUT2D eigenvalue weighted by atomic mass is 10.1. The molecule has 0 saturated heterocycles. The molecule has 0 aliphatic carbocycles. The fraction of sp³-hybridized carbons (Fsp3) is 0.368. The molecular weight excluding hydrogens is 304 g/mol. The van der Waals surface area contributed by atoms with Crippen LogP contribution in [0.3, 0.4) is 0 Å². The van der Waals surface area contributed by atoms with Crippen molar-refractivity contribution >= 4 is 5.91 Å². The number of nitrogens with zero attached hydrogens (tertiary/aromatic N) is 1. The van der Waals surface area contributed by atoms with E-state index in [2.05, 4.69) is 12.2 Å². The minimum Gasteiger partial charge on any atom is -0.483 e. The highest BCUT2D eigenvalue weighted by Gasteiger charge is 2.28. The Morgan fingerprint density at radius 2 is 2.00 bits per heavy atom. The van der Waals surface area contributed by atoms with Crippen LogP contribution in [-0.4, -0.2) is 17.0 Å². The molecule has 5 nitrogen and oxygen atoms in total. The molecule has 3 rings (SSSR count). The highest BCUT2D eigenvalue weighted by atomic mass is 16.5. The molecule has 1 aliphatic heterocycles. The number of hydrogen-bond donors (Lipinski definition) is 1. The molecule has 1 amide bonds. The average molecular weight is 326 g/mol. The van der Waals surface area contributed by atoms with Crippen LogP contribution in [0.15, 0.2) is 47.4 Å². The van der Waals surface area contributed by atoms with Gasteiger partial charge in [0.1, 0.15) is 6.61 Å². The molecule has 1 atom stereocenters. The lowest BCUT2D eigenvalue weighted by molar-refractivity contribution is 0.0903. The summed E-state index contributed by atoms with van der Waals surface area (Å²) in [7, 11) is 0. The zero-order chi connectivity index (χ0) is 16.9. The summed E-state index contributed by atoms with van der Waals surface area (Å²) in [4.78, 5) is 24.6. The number of carbonyl (C=O) groups excluding carboxylic acids is 1. The van der Waals surface area contributed by atoms with E-state index in [1.165, 1.54) is 6.07 Å². The Kier molecular flexibility index (Phi) is 4.99. The van der Waals surface area contributed by atoms with Crippen molar-refractivity contribution in [3.63, 3.8) is 0 Å². The number of carbonyl (C=O) groups is 1. The van der Waals surface area contributed by atoms with E-state index in [9.17, 15) is 9.59 Å². The highest BCUT2D eigenvalue weighted by molar-refractivity contribution is 5.96. The number of nitrogens with one attached hydrogen (secondary N) is 1. The van der Waals surface area contributed by atoms with E-state index in [0.29, 0.717) is 12.2 Å². The molecule has 0 bridgehead atoms. The number of unbranched alkanes of at least 4 members (excludes halogenated alkanes) is 1. The van der Waals surface area contributed by atoms with E-state index >= 15 is 0 Å². The number of benzene rings is 1. The minimum atomic E-state index is -0.261. The third-order valence-corrected chi connectivity index (χ3v) is 4.31. The number of pyridine rings is 1. The summed E-state index contributed by atoms with van der Waals surface area (Å²) in [5, 5.41) is 2.88. The molecule has 1 N–H and O–H groups in total. The predicted molar refractivity (Wildman–Crippen MR) is 92.4 cm³/mol. The monoisotopic (exact) mass is 326 g/mol. The molecule has 2 aromatic rings. The average Bonchev–Trinajstić information content (AvgIpc) is 2.61. The molecule has 0 saturated carbocycles. The quantitative estimate of drug-likeness (QED) is 0.888. The van der Waals surface area contributed by atoms with Crippen LogP contribution >= 0.6 is 0 Å². The second-order valence-corrected chi connectivity index (χ2v) is 6.05. The van der Waals surface area contributed by atoms with Crippen LogP contribution in [0.4, 0.5) is 0 Å². The molecule has 5 heteroatoms. The molecule has 24 heavy (non-hydrogen) atoms. The topological polar surface area (TPSA) is 60.3 Å². The van der Waals surface area contributed by atoms with Gasteiger partial charge in [-0.2, -0.15) is 0 Å². The summed E-state index contributed by atoms with van der Waals surface area (Å²) in [6.07, 6.45) is 4.85. The summed E-state index contributed by atoms with van der Waals surface area (Å²) in [6, 6.07) is 11.3. The molecule has 1 unspecified atom stereocenters. The molecule has 1 aromatic heterocycles. The molecule has 0 spiro atoms. The third kappa shape index (κ3) is 3.35. The zero-order valence-corrected chi connectivity index (χ0v) is 13.8. The van der Waals surface area contributed by atoms with Gasteiger partial charge in [-0.05, 0) is 12.0 Å². The van der Waals surface area contributed by atoms with Crippen LogP contribution < -0.4 is 15.5 Å². The van der Waals surface area contributed by atoms with Crippen molar-refractivity contribution in [1.82, 2.24) is 9.88 Å². The highest BCUT2D eigenvalue weighted by Crippen LogP contribution is 2.25. The Morgan fingerprint density at radius 3 is 2.75 bits per heavy atom. The van der Waals surface area contributed by atoms with Gasteiger partial charge in [0, 0.05) is 18.8 Å². The Hall–Kier alpha value is -2.56. The van der Waals surface area contributed by atoms with Gasteiger partial charge in [0.15, 0.2) is 11.4 Å². The van der Waals surface area contributed by atoms with Gasteiger partial charge >= 0.3 is 0 Å². The normalized spacial score (nSPS) is 16.4. The van der Waals surface area contributed by atoms with E-state index in [-0.39, 0.29) is 29.7 Å². The van der Waals surface area contributed by atoms with Gasteiger partial charge in [-0.1, -0.05) is 50.1 Å². The first kappa shape index (κ1) is 16.3. The van der Waals surface area contributed by atoms with Gasteiger partial charge in [-0.15, -0.1) is 0 Å². The molecular formula is C19H22N2O3. The van der Waals surface area contributed by atoms with Crippen molar-refractivity contribution in [3.05, 3.63) is 64.1 Å². The SMILES string of the molecule is CCCCC1CNC(=O)c2c(OCc3ccccc3)c(=O)ccn21. The van der Waals surface area contributed by atoms with Gasteiger partial charge in [0.05, 0.1) is 6.04 Å². The molecule has 126 valence electrons. The molecule has 1 aliphatic rings.